The van der Waals surface area contributed by atoms with E-state index in [1.165, 1.54) is 16.7 Å². The summed E-state index contributed by atoms with van der Waals surface area (Å²) in [6.07, 6.45) is 5.60. The fourth-order valence-electron chi connectivity index (χ4n) is 6.69. The Morgan fingerprint density at radius 3 is 2.62 bits per heavy atom. The van der Waals surface area contributed by atoms with E-state index < -0.39 is 5.41 Å². The Hall–Kier alpha value is -3.74. The fourth-order valence-corrected chi connectivity index (χ4v) is 6.69. The minimum absolute atomic E-state index is 0.126. The molecular weight excluding hydrogens is 484 g/mol. The van der Waals surface area contributed by atoms with Crippen molar-refractivity contribution >= 4 is 34.6 Å². The van der Waals surface area contributed by atoms with Crippen LogP contribution in [0.25, 0.3) is 23.1 Å². The summed E-state index contributed by atoms with van der Waals surface area (Å²) in [5, 5.41) is 12.0. The Labute approximate surface area is 229 Å². The Morgan fingerprint density at radius 2 is 1.82 bits per heavy atom. The van der Waals surface area contributed by atoms with Gasteiger partial charge in [-0.3, -0.25) is 14.8 Å². The van der Waals surface area contributed by atoms with Crippen molar-refractivity contribution in [2.45, 2.75) is 57.3 Å². The highest BCUT2D eigenvalue weighted by Gasteiger charge is 2.65. The van der Waals surface area contributed by atoms with Crippen molar-refractivity contribution in [3.63, 3.8) is 0 Å². The van der Waals surface area contributed by atoms with Gasteiger partial charge >= 0.3 is 0 Å². The lowest BCUT2D eigenvalue weighted by molar-refractivity contribution is -0.118. The van der Waals surface area contributed by atoms with E-state index >= 15 is 0 Å². The number of morpholine rings is 1. The average molecular weight is 519 g/mol. The summed E-state index contributed by atoms with van der Waals surface area (Å²) < 4.78 is 5.86. The van der Waals surface area contributed by atoms with Gasteiger partial charge in [-0.25, -0.2) is 0 Å². The Balaban J connectivity index is 1.06. The Morgan fingerprint density at radius 1 is 1.03 bits per heavy atom. The van der Waals surface area contributed by atoms with Crippen molar-refractivity contribution in [1.29, 1.82) is 0 Å². The van der Waals surface area contributed by atoms with Gasteiger partial charge in [0.15, 0.2) is 0 Å². The second kappa shape index (κ2) is 9.18. The maximum Gasteiger partial charge on any atom is 0.235 e. The van der Waals surface area contributed by atoms with Crippen LogP contribution in [-0.4, -0.2) is 46.3 Å². The number of amides is 1. The molecule has 1 aromatic heterocycles. The van der Waals surface area contributed by atoms with E-state index in [0.717, 1.165) is 59.5 Å². The van der Waals surface area contributed by atoms with Crippen molar-refractivity contribution < 1.29 is 9.53 Å². The number of benzene rings is 3. The van der Waals surface area contributed by atoms with Crippen molar-refractivity contribution in [3.8, 4) is 0 Å². The monoisotopic (exact) mass is 518 g/mol. The molecule has 0 radical (unpaired) electrons. The molecule has 198 valence electrons. The van der Waals surface area contributed by atoms with Crippen LogP contribution in [0.15, 0.2) is 60.7 Å². The maximum absolute atomic E-state index is 13.0. The summed E-state index contributed by atoms with van der Waals surface area (Å²) >= 11 is 0. The highest BCUT2D eigenvalue weighted by molar-refractivity contribution is 6.10. The lowest BCUT2D eigenvalue weighted by Crippen LogP contribution is -2.44. The zero-order chi connectivity index (χ0) is 26.7. The molecule has 7 rings (SSSR count). The van der Waals surface area contributed by atoms with E-state index in [4.69, 9.17) is 4.74 Å². The first-order valence-electron chi connectivity index (χ1n) is 13.9. The fraction of sp³-hybridized carbons (Fsp3) is 0.333. The number of hydrogen-bond donors (Lipinski definition) is 2. The zero-order valence-corrected chi connectivity index (χ0v) is 22.7. The van der Waals surface area contributed by atoms with Crippen LogP contribution in [0.4, 0.5) is 5.69 Å². The van der Waals surface area contributed by atoms with E-state index in [-0.39, 0.29) is 24.0 Å². The smallest absolute Gasteiger partial charge is 0.235 e. The van der Waals surface area contributed by atoms with Gasteiger partial charge in [-0.15, -0.1) is 0 Å². The normalized spacial score (nSPS) is 26.4. The SMILES string of the molecule is Cc1ccc2c(c1)C1(CC1c1ccc3c(/C=C/c4ccc(CN5CC(C)OC(C)C5)cc4)n[nH]c3c1)C(=O)N2. The number of aromatic amines is 1. The number of aryl methyl sites for hydroxylation is 1. The summed E-state index contributed by atoms with van der Waals surface area (Å²) in [4.78, 5) is 15.5. The van der Waals surface area contributed by atoms with Crippen LogP contribution < -0.4 is 5.32 Å². The molecule has 4 atom stereocenters. The van der Waals surface area contributed by atoms with Crippen LogP contribution in [0.2, 0.25) is 0 Å². The largest absolute Gasteiger partial charge is 0.373 e. The lowest BCUT2D eigenvalue weighted by atomic mass is 9.91. The minimum atomic E-state index is -0.428. The maximum atomic E-state index is 13.0. The molecule has 2 N–H and O–H groups in total. The summed E-state index contributed by atoms with van der Waals surface area (Å²) in [5.41, 5.74) is 8.44. The number of ether oxygens (including phenoxy) is 1. The summed E-state index contributed by atoms with van der Waals surface area (Å²) in [6.45, 7) is 9.27. The molecule has 2 fully saturated rings. The van der Waals surface area contributed by atoms with Gasteiger partial charge in [0.05, 0.1) is 28.8 Å². The molecule has 39 heavy (non-hydrogen) atoms. The topological polar surface area (TPSA) is 70.2 Å². The summed E-state index contributed by atoms with van der Waals surface area (Å²) in [6, 6.07) is 21.5. The number of fused-ring (bicyclic) bond motifs is 3. The molecule has 6 nitrogen and oxygen atoms in total. The second-order valence-electron chi connectivity index (χ2n) is 11.7. The number of anilines is 1. The molecule has 2 aliphatic heterocycles. The van der Waals surface area contributed by atoms with Crippen LogP contribution in [0.5, 0.6) is 0 Å². The van der Waals surface area contributed by atoms with Crippen molar-refractivity contribution in [2.75, 3.05) is 18.4 Å². The minimum Gasteiger partial charge on any atom is -0.373 e. The number of carbonyl (C=O) groups is 1. The Kier molecular flexibility index (Phi) is 5.72. The quantitative estimate of drug-likeness (QED) is 0.339. The molecule has 1 spiro atoms. The highest BCUT2D eigenvalue weighted by atomic mass is 16.5. The third kappa shape index (κ3) is 4.28. The molecule has 6 heteroatoms. The first-order valence-corrected chi connectivity index (χ1v) is 13.9. The summed E-state index contributed by atoms with van der Waals surface area (Å²) in [5.74, 6) is 0.316. The van der Waals surface area contributed by atoms with E-state index in [9.17, 15) is 4.79 Å². The third-order valence-corrected chi connectivity index (χ3v) is 8.60. The van der Waals surface area contributed by atoms with Gasteiger partial charge in [0, 0.05) is 36.6 Å². The lowest BCUT2D eigenvalue weighted by Gasteiger charge is -2.35. The van der Waals surface area contributed by atoms with Crippen molar-refractivity contribution in [2.24, 2.45) is 0 Å². The first kappa shape index (κ1) is 24.3. The van der Waals surface area contributed by atoms with Crippen LogP contribution >= 0.6 is 0 Å². The molecule has 1 saturated carbocycles. The van der Waals surface area contributed by atoms with Gasteiger partial charge in [0.2, 0.25) is 5.91 Å². The van der Waals surface area contributed by atoms with Gasteiger partial charge in [0.1, 0.15) is 0 Å². The van der Waals surface area contributed by atoms with E-state index in [0.29, 0.717) is 0 Å². The number of nitrogens with one attached hydrogen (secondary N) is 2. The predicted octanol–water partition coefficient (Wildman–Crippen LogP) is 6.03. The number of rotatable bonds is 5. The Bertz CT molecular complexity index is 1590. The third-order valence-electron chi connectivity index (χ3n) is 8.60. The van der Waals surface area contributed by atoms with Gasteiger partial charge in [-0.05, 0) is 67.7 Å². The molecule has 4 aromatic rings. The van der Waals surface area contributed by atoms with E-state index in [1.807, 2.05) is 6.07 Å². The van der Waals surface area contributed by atoms with Gasteiger partial charge in [0.25, 0.3) is 0 Å². The molecule has 3 aliphatic rings. The predicted molar refractivity (Wildman–Crippen MR) is 156 cm³/mol. The van der Waals surface area contributed by atoms with Gasteiger partial charge in [-0.2, -0.15) is 5.10 Å². The van der Waals surface area contributed by atoms with Gasteiger partial charge < -0.3 is 10.1 Å². The molecule has 3 heterocycles. The molecule has 0 bridgehead atoms. The van der Waals surface area contributed by atoms with Crippen LogP contribution in [0, 0.1) is 6.92 Å². The van der Waals surface area contributed by atoms with Crippen molar-refractivity contribution in [3.05, 3.63) is 94.2 Å². The number of hydrogen-bond acceptors (Lipinski definition) is 4. The van der Waals surface area contributed by atoms with Gasteiger partial charge in [-0.1, -0.05) is 60.2 Å². The average Bonchev–Trinajstić information content (AvgIpc) is 3.45. The molecular formula is C33H34N4O2. The van der Waals surface area contributed by atoms with Crippen molar-refractivity contribution in [1.82, 2.24) is 15.1 Å². The van der Waals surface area contributed by atoms with Crippen LogP contribution in [-0.2, 0) is 21.5 Å². The molecule has 4 unspecified atom stereocenters. The van der Waals surface area contributed by atoms with Crippen LogP contribution in [0.3, 0.4) is 0 Å². The summed E-state index contributed by atoms with van der Waals surface area (Å²) in [7, 11) is 0. The number of carbonyl (C=O) groups excluding carboxylic acids is 1. The standard InChI is InChI=1S/C33H34N4O2/c1-20-4-12-30-27(14-20)33(32(38)34-30)16-28(33)25-10-11-26-29(35-36-31(26)15-25)13-9-23-5-7-24(8-6-23)19-37-17-21(2)39-22(3)18-37/h4-15,21-22,28H,16-19H2,1-3H3,(H,34,38)(H,35,36)/b13-9+. The molecule has 3 aromatic carbocycles. The molecule has 1 amide bonds. The molecule has 1 aliphatic carbocycles. The zero-order valence-electron chi connectivity index (χ0n) is 22.7. The molecule has 1 saturated heterocycles. The van der Waals surface area contributed by atoms with E-state index in [2.05, 4.69) is 108 Å². The highest BCUT2D eigenvalue weighted by Crippen LogP contribution is 2.65. The second-order valence-corrected chi connectivity index (χ2v) is 11.7. The number of H-pyrrole nitrogens is 1. The van der Waals surface area contributed by atoms with E-state index in [1.54, 1.807) is 0 Å². The number of nitrogens with zero attached hydrogens (tertiary/aromatic N) is 2. The van der Waals surface area contributed by atoms with Crippen LogP contribution in [0.1, 0.15) is 59.7 Å². The number of aromatic nitrogens is 2. The first-order chi connectivity index (χ1) is 18.9.